The zero-order chi connectivity index (χ0) is 14.9. The molecule has 1 atom stereocenters. The Balaban J connectivity index is 2.19. The van der Waals surface area contributed by atoms with Crippen LogP contribution in [-0.2, 0) is 16.6 Å². The Bertz CT molecular complexity index is 563. The molecule has 0 bridgehead atoms. The molecule has 1 saturated heterocycles. The summed E-state index contributed by atoms with van der Waals surface area (Å²) in [5, 5.41) is 3.23. The SMILES string of the molecule is Cc1oc(CNC(C)C)cc1S(=O)(=O)N1CCC(C)C1. The number of rotatable bonds is 5. The van der Waals surface area contributed by atoms with Crippen LogP contribution in [-0.4, -0.2) is 31.9 Å². The first-order valence-corrected chi connectivity index (χ1v) is 8.57. The Morgan fingerprint density at radius 2 is 2.20 bits per heavy atom. The van der Waals surface area contributed by atoms with Gasteiger partial charge in [-0.3, -0.25) is 0 Å². The van der Waals surface area contributed by atoms with Crippen LogP contribution in [0.4, 0.5) is 0 Å². The molecule has 0 aliphatic carbocycles. The number of aryl methyl sites for hydroxylation is 1. The van der Waals surface area contributed by atoms with Gasteiger partial charge in [-0.25, -0.2) is 8.42 Å². The van der Waals surface area contributed by atoms with Gasteiger partial charge >= 0.3 is 0 Å². The Hall–Kier alpha value is -0.850. The highest BCUT2D eigenvalue weighted by Gasteiger charge is 2.33. The topological polar surface area (TPSA) is 62.6 Å². The lowest BCUT2D eigenvalue weighted by molar-refractivity contribution is 0.439. The summed E-state index contributed by atoms with van der Waals surface area (Å²) >= 11 is 0. The van der Waals surface area contributed by atoms with Gasteiger partial charge in [0.2, 0.25) is 10.0 Å². The van der Waals surface area contributed by atoms with Crippen molar-refractivity contribution in [2.75, 3.05) is 13.1 Å². The molecule has 1 aliphatic rings. The van der Waals surface area contributed by atoms with Gasteiger partial charge in [0.05, 0.1) is 6.54 Å². The molecule has 2 heterocycles. The van der Waals surface area contributed by atoms with E-state index in [-0.39, 0.29) is 0 Å². The molecule has 2 rings (SSSR count). The number of sulfonamides is 1. The number of nitrogens with one attached hydrogen (secondary N) is 1. The lowest BCUT2D eigenvalue weighted by atomic mass is 10.2. The molecule has 114 valence electrons. The average Bonchev–Trinajstić information content (AvgIpc) is 2.93. The van der Waals surface area contributed by atoms with Crippen molar-refractivity contribution in [3.8, 4) is 0 Å². The van der Waals surface area contributed by atoms with Crippen molar-refractivity contribution in [3.05, 3.63) is 17.6 Å². The van der Waals surface area contributed by atoms with Crippen LogP contribution in [0.5, 0.6) is 0 Å². The summed E-state index contributed by atoms with van der Waals surface area (Å²) in [6.07, 6.45) is 0.928. The van der Waals surface area contributed by atoms with E-state index in [1.54, 1.807) is 17.3 Å². The first-order valence-electron chi connectivity index (χ1n) is 7.13. The molecule has 0 aromatic carbocycles. The molecule has 1 aromatic heterocycles. The minimum Gasteiger partial charge on any atom is -0.464 e. The van der Waals surface area contributed by atoms with E-state index in [0.29, 0.717) is 48.0 Å². The van der Waals surface area contributed by atoms with E-state index in [1.165, 1.54) is 0 Å². The molecule has 6 heteroatoms. The lowest BCUT2D eigenvalue weighted by Gasteiger charge is -2.14. The Labute approximate surface area is 121 Å². The van der Waals surface area contributed by atoms with Crippen LogP contribution in [0.3, 0.4) is 0 Å². The minimum absolute atomic E-state index is 0.312. The van der Waals surface area contributed by atoms with E-state index in [9.17, 15) is 8.42 Å². The van der Waals surface area contributed by atoms with Gasteiger partial charge in [0.1, 0.15) is 16.4 Å². The van der Waals surface area contributed by atoms with Crippen LogP contribution in [0.15, 0.2) is 15.4 Å². The van der Waals surface area contributed by atoms with Crippen LogP contribution in [0, 0.1) is 12.8 Å². The first-order chi connectivity index (χ1) is 9.30. The Morgan fingerprint density at radius 3 is 2.75 bits per heavy atom. The monoisotopic (exact) mass is 300 g/mol. The van der Waals surface area contributed by atoms with E-state index < -0.39 is 10.0 Å². The van der Waals surface area contributed by atoms with Gasteiger partial charge in [0.25, 0.3) is 0 Å². The molecular formula is C14H24N2O3S. The summed E-state index contributed by atoms with van der Waals surface area (Å²) in [5.74, 6) is 1.58. The summed E-state index contributed by atoms with van der Waals surface area (Å²) in [6.45, 7) is 9.63. The Kier molecular flexibility index (Phi) is 4.56. The zero-order valence-electron chi connectivity index (χ0n) is 12.6. The highest BCUT2D eigenvalue weighted by atomic mass is 32.2. The highest BCUT2D eigenvalue weighted by molar-refractivity contribution is 7.89. The summed E-state index contributed by atoms with van der Waals surface area (Å²) in [4.78, 5) is 0.312. The zero-order valence-corrected chi connectivity index (χ0v) is 13.5. The fraction of sp³-hybridized carbons (Fsp3) is 0.714. The molecule has 1 fully saturated rings. The van der Waals surface area contributed by atoms with Crippen LogP contribution >= 0.6 is 0 Å². The van der Waals surface area contributed by atoms with Crippen LogP contribution in [0.1, 0.15) is 38.7 Å². The smallest absolute Gasteiger partial charge is 0.246 e. The molecule has 1 N–H and O–H groups in total. The molecule has 0 spiro atoms. The second-order valence-electron chi connectivity index (χ2n) is 5.93. The predicted molar refractivity (Wildman–Crippen MR) is 78.0 cm³/mol. The summed E-state index contributed by atoms with van der Waals surface area (Å²) in [7, 11) is -3.41. The van der Waals surface area contributed by atoms with Gasteiger partial charge in [-0.05, 0) is 19.3 Å². The van der Waals surface area contributed by atoms with Gasteiger partial charge in [0, 0.05) is 25.2 Å². The van der Waals surface area contributed by atoms with Crippen LogP contribution < -0.4 is 5.32 Å². The largest absolute Gasteiger partial charge is 0.464 e. The first kappa shape index (κ1) is 15.5. The maximum absolute atomic E-state index is 12.6. The van der Waals surface area contributed by atoms with Gasteiger partial charge in [-0.15, -0.1) is 0 Å². The van der Waals surface area contributed by atoms with Crippen molar-refractivity contribution in [1.29, 1.82) is 0 Å². The molecule has 1 unspecified atom stereocenters. The number of nitrogens with zero attached hydrogens (tertiary/aromatic N) is 1. The average molecular weight is 300 g/mol. The molecular weight excluding hydrogens is 276 g/mol. The maximum atomic E-state index is 12.6. The van der Waals surface area contributed by atoms with Crippen LogP contribution in [0.25, 0.3) is 0 Å². The van der Waals surface area contributed by atoms with E-state index in [0.717, 1.165) is 6.42 Å². The molecule has 5 nitrogen and oxygen atoms in total. The number of hydrogen-bond donors (Lipinski definition) is 1. The molecule has 1 aromatic rings. The third-order valence-corrected chi connectivity index (χ3v) is 5.58. The quantitative estimate of drug-likeness (QED) is 0.904. The number of furan rings is 1. The normalized spacial score (nSPS) is 20.9. The van der Waals surface area contributed by atoms with Gasteiger partial charge in [-0.2, -0.15) is 4.31 Å². The van der Waals surface area contributed by atoms with Crippen molar-refractivity contribution < 1.29 is 12.8 Å². The fourth-order valence-electron chi connectivity index (χ4n) is 2.42. The van der Waals surface area contributed by atoms with Crippen molar-refractivity contribution in [3.63, 3.8) is 0 Å². The summed E-state index contributed by atoms with van der Waals surface area (Å²) in [5.41, 5.74) is 0. The van der Waals surface area contributed by atoms with E-state index >= 15 is 0 Å². The van der Waals surface area contributed by atoms with Gasteiger partial charge in [-0.1, -0.05) is 20.8 Å². The summed E-state index contributed by atoms with van der Waals surface area (Å²) < 4.78 is 32.3. The fourth-order valence-corrected chi connectivity index (χ4v) is 4.18. The van der Waals surface area contributed by atoms with E-state index in [1.807, 2.05) is 13.8 Å². The molecule has 1 aliphatic heterocycles. The third-order valence-electron chi connectivity index (χ3n) is 3.61. The van der Waals surface area contributed by atoms with Crippen LogP contribution in [0.2, 0.25) is 0 Å². The Morgan fingerprint density at radius 1 is 1.50 bits per heavy atom. The second kappa shape index (κ2) is 5.87. The molecule has 0 amide bonds. The van der Waals surface area contributed by atoms with E-state index in [4.69, 9.17) is 4.42 Å². The van der Waals surface area contributed by atoms with Gasteiger partial charge in [0.15, 0.2) is 0 Å². The molecule has 0 saturated carbocycles. The van der Waals surface area contributed by atoms with Crippen molar-refractivity contribution in [2.24, 2.45) is 5.92 Å². The lowest BCUT2D eigenvalue weighted by Crippen LogP contribution is -2.28. The third kappa shape index (κ3) is 3.24. The molecule has 0 radical (unpaired) electrons. The van der Waals surface area contributed by atoms with Crippen molar-refractivity contribution in [1.82, 2.24) is 9.62 Å². The minimum atomic E-state index is -3.41. The maximum Gasteiger partial charge on any atom is 0.246 e. The number of hydrogen-bond acceptors (Lipinski definition) is 4. The predicted octanol–water partition coefficient (Wildman–Crippen LogP) is 2.12. The standard InChI is InChI=1S/C14H24N2O3S/c1-10(2)15-8-13-7-14(12(4)19-13)20(17,18)16-6-5-11(3)9-16/h7,10-11,15H,5-6,8-9H2,1-4H3. The van der Waals surface area contributed by atoms with Crippen molar-refractivity contribution >= 4 is 10.0 Å². The highest BCUT2D eigenvalue weighted by Crippen LogP contribution is 2.28. The summed E-state index contributed by atoms with van der Waals surface area (Å²) in [6, 6.07) is 1.99. The van der Waals surface area contributed by atoms with Crippen molar-refractivity contribution in [2.45, 2.75) is 51.6 Å². The molecule has 20 heavy (non-hydrogen) atoms. The van der Waals surface area contributed by atoms with E-state index in [2.05, 4.69) is 12.2 Å². The van der Waals surface area contributed by atoms with Gasteiger partial charge < -0.3 is 9.73 Å². The second-order valence-corrected chi connectivity index (χ2v) is 7.83.